The van der Waals surface area contributed by atoms with Crippen LogP contribution in [0.3, 0.4) is 0 Å². The summed E-state index contributed by atoms with van der Waals surface area (Å²) in [4.78, 5) is 54.3. The van der Waals surface area contributed by atoms with Crippen molar-refractivity contribution in [3.05, 3.63) is 30.4 Å². The van der Waals surface area contributed by atoms with Crippen molar-refractivity contribution in [2.75, 3.05) is 39.3 Å². The molecule has 1 aromatic heterocycles. The molecule has 6 rings (SSSR count). The molecule has 13 nitrogen and oxygen atoms in total. The van der Waals surface area contributed by atoms with Gasteiger partial charge in [-0.2, -0.15) is 4.98 Å². The summed E-state index contributed by atoms with van der Waals surface area (Å²) in [6.45, 7) is 3.18. The SMILES string of the molecule is COc1ccc2c(O[C@@H]3C[C@H]4C(=O)N[C@]5(C(=O)NS(=O)(=O)C6(CF)CC6)C[C@H]5/C=C\CC[C@@H](C)C[C@@H](C)CC(=O)N4C3)nc(N(C)C)nc2c1. The Morgan fingerprint density at radius 1 is 1.16 bits per heavy atom. The molecule has 272 valence electrons. The summed E-state index contributed by atoms with van der Waals surface area (Å²) in [5.74, 6) is -0.436. The first kappa shape index (κ1) is 35.8. The van der Waals surface area contributed by atoms with Crippen molar-refractivity contribution in [2.24, 2.45) is 17.8 Å². The maximum atomic E-state index is 14.2. The van der Waals surface area contributed by atoms with Gasteiger partial charge in [-0.1, -0.05) is 26.0 Å². The highest BCUT2D eigenvalue weighted by Gasteiger charge is 2.64. The molecule has 2 N–H and O–H groups in total. The van der Waals surface area contributed by atoms with E-state index in [1.807, 2.05) is 33.2 Å². The molecule has 0 spiro atoms. The lowest BCUT2D eigenvalue weighted by molar-refractivity contribution is -0.140. The zero-order valence-corrected chi connectivity index (χ0v) is 30.1. The Bertz CT molecular complexity index is 1800. The minimum atomic E-state index is -4.32. The number of halogens is 1. The molecule has 3 fully saturated rings. The topological polar surface area (TPSA) is 160 Å². The Morgan fingerprint density at radius 2 is 1.92 bits per heavy atom. The molecule has 0 unspecified atom stereocenters. The Hall–Kier alpha value is -4.01. The van der Waals surface area contributed by atoms with E-state index in [1.54, 1.807) is 30.2 Å². The Labute approximate surface area is 292 Å². The Kier molecular flexibility index (Phi) is 9.74. The number of anilines is 1. The number of rotatable bonds is 8. The number of amides is 3. The monoisotopic (exact) mass is 714 g/mol. The second kappa shape index (κ2) is 13.6. The van der Waals surface area contributed by atoms with Crippen LogP contribution < -0.4 is 24.4 Å². The number of sulfonamides is 1. The van der Waals surface area contributed by atoms with E-state index in [9.17, 15) is 27.2 Å². The smallest absolute Gasteiger partial charge is 0.259 e. The number of hydrogen-bond donors (Lipinski definition) is 2. The van der Waals surface area contributed by atoms with Crippen LogP contribution in [0, 0.1) is 17.8 Å². The van der Waals surface area contributed by atoms with Crippen LogP contribution in [0.2, 0.25) is 0 Å². The Balaban J connectivity index is 1.30. The Morgan fingerprint density at radius 3 is 2.60 bits per heavy atom. The number of alkyl halides is 1. The molecule has 2 aliphatic heterocycles. The molecule has 3 heterocycles. The number of hydrogen-bond acceptors (Lipinski definition) is 10. The van der Waals surface area contributed by atoms with Crippen LogP contribution in [0.15, 0.2) is 30.4 Å². The van der Waals surface area contributed by atoms with Crippen LogP contribution in [0.4, 0.5) is 10.3 Å². The van der Waals surface area contributed by atoms with E-state index in [0.29, 0.717) is 34.4 Å². The fourth-order valence-corrected chi connectivity index (χ4v) is 8.64. The average Bonchev–Trinajstić information content (AvgIpc) is 3.97. The van der Waals surface area contributed by atoms with Crippen LogP contribution in [0.25, 0.3) is 10.9 Å². The molecule has 6 atom stereocenters. The lowest BCUT2D eigenvalue weighted by Crippen LogP contribution is -2.57. The molecule has 50 heavy (non-hydrogen) atoms. The molecular formula is C35H47FN6O7S. The molecule has 2 aliphatic carbocycles. The summed E-state index contributed by atoms with van der Waals surface area (Å²) in [6, 6.07) is 4.36. The number of allylic oxidation sites excluding steroid dienone is 1. The number of ether oxygens (including phenoxy) is 2. The van der Waals surface area contributed by atoms with Crippen LogP contribution >= 0.6 is 0 Å². The molecule has 1 aromatic carbocycles. The number of nitrogens with zero attached hydrogens (tertiary/aromatic N) is 4. The summed E-state index contributed by atoms with van der Waals surface area (Å²) in [5.41, 5.74) is -0.957. The summed E-state index contributed by atoms with van der Waals surface area (Å²) < 4.78 is 52.2. The fourth-order valence-electron chi connectivity index (χ4n) is 7.21. The van der Waals surface area contributed by atoms with Gasteiger partial charge in [-0.25, -0.2) is 17.8 Å². The number of benzene rings is 1. The second-order valence-corrected chi connectivity index (χ2v) is 16.9. The van der Waals surface area contributed by atoms with Gasteiger partial charge in [-0.15, -0.1) is 0 Å². The standard InChI is InChI=1S/C35H47FN6O7S/c1-21-8-6-7-9-23-18-35(23,32(45)40-50(46,47)34(20-36)12-13-34)39-30(44)28-17-25(19-42(28)29(43)15-22(2)14-21)49-31-26-11-10-24(48-5)16-27(26)37-33(38-31)41(3)4/h7,9-11,16,21-23,25,28H,6,8,12-15,17-20H2,1-5H3,(H,39,44)(H,40,45)/b9-7-/t21-,22-,23-,25-,28+,35-/m1/s1. The van der Waals surface area contributed by atoms with Gasteiger partial charge in [-0.05, 0) is 62.5 Å². The first-order chi connectivity index (χ1) is 23.7. The summed E-state index contributed by atoms with van der Waals surface area (Å²) in [5, 5.41) is 3.49. The zero-order valence-electron chi connectivity index (χ0n) is 29.3. The highest BCUT2D eigenvalue weighted by molar-refractivity contribution is 7.91. The molecule has 0 radical (unpaired) electrons. The van der Waals surface area contributed by atoms with Crippen molar-refractivity contribution >= 4 is 44.6 Å². The van der Waals surface area contributed by atoms with Gasteiger partial charge < -0.3 is 24.6 Å². The zero-order chi connectivity index (χ0) is 36.0. The highest BCUT2D eigenvalue weighted by Crippen LogP contribution is 2.48. The number of aromatic nitrogens is 2. The molecule has 3 amide bonds. The van der Waals surface area contributed by atoms with E-state index in [0.717, 1.165) is 19.3 Å². The van der Waals surface area contributed by atoms with E-state index in [-0.39, 0.29) is 50.5 Å². The van der Waals surface area contributed by atoms with Crippen LogP contribution in [-0.2, 0) is 24.4 Å². The second-order valence-electron chi connectivity index (χ2n) is 14.8. The van der Waals surface area contributed by atoms with Crippen molar-refractivity contribution in [2.45, 2.75) is 87.6 Å². The van der Waals surface area contributed by atoms with Gasteiger partial charge in [0.05, 0.1) is 24.6 Å². The van der Waals surface area contributed by atoms with E-state index < -0.39 is 56.9 Å². The predicted octanol–water partition coefficient (Wildman–Crippen LogP) is 3.28. The number of methoxy groups -OCH3 is 1. The van der Waals surface area contributed by atoms with Gasteiger partial charge in [0.2, 0.25) is 33.7 Å². The maximum Gasteiger partial charge on any atom is 0.259 e. The lowest BCUT2D eigenvalue weighted by Gasteiger charge is -2.28. The molecule has 0 bridgehead atoms. The van der Waals surface area contributed by atoms with Crippen LogP contribution in [0.5, 0.6) is 11.6 Å². The average molecular weight is 715 g/mol. The van der Waals surface area contributed by atoms with Gasteiger partial charge in [0, 0.05) is 38.9 Å². The van der Waals surface area contributed by atoms with E-state index in [4.69, 9.17) is 9.47 Å². The van der Waals surface area contributed by atoms with Crippen molar-refractivity contribution in [1.82, 2.24) is 24.9 Å². The number of nitrogens with one attached hydrogen (secondary N) is 2. The number of fused-ring (bicyclic) bond motifs is 3. The van der Waals surface area contributed by atoms with Crippen molar-refractivity contribution in [1.29, 1.82) is 0 Å². The van der Waals surface area contributed by atoms with Crippen LogP contribution in [-0.4, -0.2) is 97.9 Å². The third-order valence-electron chi connectivity index (χ3n) is 10.6. The van der Waals surface area contributed by atoms with Gasteiger partial charge >= 0.3 is 0 Å². The summed E-state index contributed by atoms with van der Waals surface area (Å²) >= 11 is 0. The molecule has 1 saturated heterocycles. The predicted molar refractivity (Wildman–Crippen MR) is 185 cm³/mol. The van der Waals surface area contributed by atoms with E-state index >= 15 is 0 Å². The van der Waals surface area contributed by atoms with Gasteiger partial charge in [0.1, 0.15) is 34.9 Å². The molecule has 2 aromatic rings. The largest absolute Gasteiger partial charge is 0.497 e. The van der Waals surface area contributed by atoms with Crippen molar-refractivity contribution in [3.63, 3.8) is 0 Å². The first-order valence-corrected chi connectivity index (χ1v) is 18.8. The molecule has 2 saturated carbocycles. The van der Waals surface area contributed by atoms with Crippen molar-refractivity contribution < 1.29 is 36.7 Å². The highest BCUT2D eigenvalue weighted by atomic mass is 32.2. The fraction of sp³-hybridized carbons (Fsp3) is 0.629. The van der Waals surface area contributed by atoms with Crippen molar-refractivity contribution in [3.8, 4) is 11.6 Å². The van der Waals surface area contributed by atoms with Crippen LogP contribution in [0.1, 0.15) is 65.2 Å². The summed E-state index contributed by atoms with van der Waals surface area (Å²) in [6.07, 6.45) is 6.40. The molecule has 15 heteroatoms. The van der Waals surface area contributed by atoms with Gasteiger partial charge in [0.25, 0.3) is 5.91 Å². The van der Waals surface area contributed by atoms with Gasteiger partial charge in [-0.3, -0.25) is 19.1 Å². The normalized spacial score (nSPS) is 30.2. The minimum Gasteiger partial charge on any atom is -0.497 e. The first-order valence-electron chi connectivity index (χ1n) is 17.3. The van der Waals surface area contributed by atoms with E-state index in [2.05, 4.69) is 26.9 Å². The number of carbonyl (C=O) groups is 3. The number of carbonyl (C=O) groups excluding carboxylic acids is 3. The third-order valence-corrected chi connectivity index (χ3v) is 12.7. The van der Waals surface area contributed by atoms with E-state index in [1.165, 1.54) is 4.90 Å². The van der Waals surface area contributed by atoms with Gasteiger partial charge in [0.15, 0.2) is 0 Å². The molecule has 4 aliphatic rings. The maximum absolute atomic E-state index is 14.2. The quantitative estimate of drug-likeness (QED) is 0.389. The minimum absolute atomic E-state index is 0.0692. The molecular weight excluding hydrogens is 667 g/mol. The third kappa shape index (κ3) is 6.97. The summed E-state index contributed by atoms with van der Waals surface area (Å²) in [7, 11) is 0.866. The lowest BCUT2D eigenvalue weighted by atomic mass is 9.91.